The molecule has 1 saturated carbocycles. The molecular formula is C10H14N2. The maximum atomic E-state index is 4.23. The Labute approximate surface area is 73.0 Å². The smallest absolute Gasteiger partial charge is 0.0603 e. The molecule has 2 rings (SSSR count). The van der Waals surface area contributed by atoms with Gasteiger partial charge in [0.15, 0.2) is 0 Å². The fourth-order valence-corrected chi connectivity index (χ4v) is 1.41. The van der Waals surface area contributed by atoms with E-state index in [0.29, 0.717) is 6.04 Å². The molecule has 1 aromatic rings. The molecular weight excluding hydrogens is 148 g/mol. The largest absolute Gasteiger partial charge is 0.381 e. The van der Waals surface area contributed by atoms with Crippen molar-refractivity contribution in [3.8, 4) is 0 Å². The maximum Gasteiger partial charge on any atom is 0.0603 e. The van der Waals surface area contributed by atoms with E-state index in [1.807, 2.05) is 19.2 Å². The van der Waals surface area contributed by atoms with Gasteiger partial charge in [-0.15, -0.1) is 0 Å². The average molecular weight is 162 g/mol. The van der Waals surface area contributed by atoms with E-state index >= 15 is 0 Å². The first-order valence-electron chi connectivity index (χ1n) is 4.54. The predicted molar refractivity (Wildman–Crippen MR) is 50.2 cm³/mol. The van der Waals surface area contributed by atoms with E-state index in [4.69, 9.17) is 0 Å². The normalized spacial score (nSPS) is 17.1. The van der Waals surface area contributed by atoms with Crippen molar-refractivity contribution in [1.29, 1.82) is 0 Å². The van der Waals surface area contributed by atoms with Crippen LogP contribution in [0.3, 0.4) is 0 Å². The SMILES string of the molecule is Cc1ncccc1NC1CCC1. The Kier molecular flexibility index (Phi) is 1.98. The van der Waals surface area contributed by atoms with Gasteiger partial charge in [0.05, 0.1) is 11.4 Å². The topological polar surface area (TPSA) is 24.9 Å². The third kappa shape index (κ3) is 1.42. The van der Waals surface area contributed by atoms with Crippen molar-refractivity contribution >= 4 is 5.69 Å². The molecule has 0 bridgehead atoms. The highest BCUT2D eigenvalue weighted by Crippen LogP contribution is 2.23. The van der Waals surface area contributed by atoms with Gasteiger partial charge in [0, 0.05) is 12.2 Å². The zero-order valence-corrected chi connectivity index (χ0v) is 7.38. The van der Waals surface area contributed by atoms with Crippen LogP contribution in [0.5, 0.6) is 0 Å². The molecule has 0 aliphatic heterocycles. The third-order valence-corrected chi connectivity index (χ3v) is 2.47. The van der Waals surface area contributed by atoms with E-state index in [9.17, 15) is 0 Å². The Balaban J connectivity index is 2.06. The van der Waals surface area contributed by atoms with Gasteiger partial charge in [0.25, 0.3) is 0 Å². The molecule has 0 saturated heterocycles. The van der Waals surface area contributed by atoms with Gasteiger partial charge < -0.3 is 5.32 Å². The van der Waals surface area contributed by atoms with E-state index in [2.05, 4.69) is 16.4 Å². The lowest BCUT2D eigenvalue weighted by molar-refractivity contribution is 0.445. The Morgan fingerprint density at radius 3 is 2.92 bits per heavy atom. The summed E-state index contributed by atoms with van der Waals surface area (Å²) in [6.45, 7) is 2.04. The Hall–Kier alpha value is -1.05. The molecule has 1 heterocycles. The second kappa shape index (κ2) is 3.13. The molecule has 0 unspecified atom stereocenters. The molecule has 1 aliphatic rings. The van der Waals surface area contributed by atoms with Crippen molar-refractivity contribution in [3.05, 3.63) is 24.0 Å². The molecule has 2 heteroatoms. The molecule has 1 N–H and O–H groups in total. The zero-order valence-electron chi connectivity index (χ0n) is 7.38. The summed E-state index contributed by atoms with van der Waals surface area (Å²) in [4.78, 5) is 4.23. The molecule has 1 aromatic heterocycles. The summed E-state index contributed by atoms with van der Waals surface area (Å²) in [6, 6.07) is 4.78. The quantitative estimate of drug-likeness (QED) is 0.722. The van der Waals surface area contributed by atoms with Crippen LogP contribution in [0.1, 0.15) is 25.0 Å². The van der Waals surface area contributed by atoms with Gasteiger partial charge in [-0.1, -0.05) is 0 Å². The van der Waals surface area contributed by atoms with Gasteiger partial charge in [0.2, 0.25) is 0 Å². The fraction of sp³-hybridized carbons (Fsp3) is 0.500. The fourth-order valence-electron chi connectivity index (χ4n) is 1.41. The van der Waals surface area contributed by atoms with E-state index < -0.39 is 0 Å². The second-order valence-electron chi connectivity index (χ2n) is 3.41. The minimum absolute atomic E-state index is 0.702. The number of pyridine rings is 1. The summed E-state index contributed by atoms with van der Waals surface area (Å²) in [6.07, 6.45) is 5.83. The lowest BCUT2D eigenvalue weighted by Crippen LogP contribution is -2.27. The zero-order chi connectivity index (χ0) is 8.39. The Morgan fingerprint density at radius 2 is 2.33 bits per heavy atom. The van der Waals surface area contributed by atoms with Crippen LogP contribution in [0.15, 0.2) is 18.3 Å². The average Bonchev–Trinajstić information content (AvgIpc) is 2.00. The van der Waals surface area contributed by atoms with Crippen LogP contribution in [0.25, 0.3) is 0 Å². The summed E-state index contributed by atoms with van der Waals surface area (Å²) >= 11 is 0. The molecule has 64 valence electrons. The van der Waals surface area contributed by atoms with Gasteiger partial charge in [0.1, 0.15) is 0 Å². The van der Waals surface area contributed by atoms with Crippen LogP contribution in [-0.2, 0) is 0 Å². The molecule has 0 aromatic carbocycles. The molecule has 0 radical (unpaired) electrons. The van der Waals surface area contributed by atoms with Crippen LogP contribution < -0.4 is 5.32 Å². The van der Waals surface area contributed by atoms with Gasteiger partial charge in [-0.05, 0) is 38.3 Å². The van der Waals surface area contributed by atoms with Crippen molar-refractivity contribution in [3.63, 3.8) is 0 Å². The highest BCUT2D eigenvalue weighted by Gasteiger charge is 2.17. The van der Waals surface area contributed by atoms with Crippen molar-refractivity contribution in [2.24, 2.45) is 0 Å². The van der Waals surface area contributed by atoms with E-state index in [1.54, 1.807) is 0 Å². The molecule has 0 amide bonds. The molecule has 0 atom stereocenters. The van der Waals surface area contributed by atoms with Crippen LogP contribution in [0.4, 0.5) is 5.69 Å². The van der Waals surface area contributed by atoms with E-state index in [1.165, 1.54) is 24.9 Å². The first-order valence-corrected chi connectivity index (χ1v) is 4.54. The number of nitrogens with zero attached hydrogens (tertiary/aromatic N) is 1. The molecule has 0 spiro atoms. The number of anilines is 1. The van der Waals surface area contributed by atoms with Crippen molar-refractivity contribution < 1.29 is 0 Å². The van der Waals surface area contributed by atoms with Gasteiger partial charge in [-0.25, -0.2) is 0 Å². The second-order valence-corrected chi connectivity index (χ2v) is 3.41. The number of rotatable bonds is 2. The molecule has 12 heavy (non-hydrogen) atoms. The van der Waals surface area contributed by atoms with E-state index in [0.717, 1.165) is 5.69 Å². The molecule has 1 fully saturated rings. The van der Waals surface area contributed by atoms with Crippen molar-refractivity contribution in [2.75, 3.05) is 5.32 Å². The molecule has 1 aliphatic carbocycles. The summed E-state index contributed by atoms with van der Waals surface area (Å²) < 4.78 is 0. The monoisotopic (exact) mass is 162 g/mol. The summed E-state index contributed by atoms with van der Waals surface area (Å²) in [5.41, 5.74) is 2.30. The Morgan fingerprint density at radius 1 is 1.50 bits per heavy atom. The minimum Gasteiger partial charge on any atom is -0.381 e. The van der Waals surface area contributed by atoms with Crippen molar-refractivity contribution in [1.82, 2.24) is 4.98 Å². The van der Waals surface area contributed by atoms with Crippen LogP contribution in [0, 0.1) is 6.92 Å². The first kappa shape index (κ1) is 7.59. The number of nitrogens with one attached hydrogen (secondary N) is 1. The molecule has 2 nitrogen and oxygen atoms in total. The van der Waals surface area contributed by atoms with Crippen molar-refractivity contribution in [2.45, 2.75) is 32.2 Å². The maximum absolute atomic E-state index is 4.23. The first-order chi connectivity index (χ1) is 5.86. The highest BCUT2D eigenvalue weighted by molar-refractivity contribution is 5.47. The number of aryl methyl sites for hydroxylation is 1. The lowest BCUT2D eigenvalue weighted by atomic mass is 9.93. The van der Waals surface area contributed by atoms with Gasteiger partial charge in [-0.3, -0.25) is 4.98 Å². The van der Waals surface area contributed by atoms with Gasteiger partial charge in [-0.2, -0.15) is 0 Å². The Bertz CT molecular complexity index is 266. The predicted octanol–water partition coefficient (Wildman–Crippen LogP) is 2.35. The third-order valence-electron chi connectivity index (χ3n) is 2.47. The number of aromatic nitrogens is 1. The van der Waals surface area contributed by atoms with Crippen LogP contribution in [-0.4, -0.2) is 11.0 Å². The summed E-state index contributed by atoms with van der Waals surface area (Å²) in [5.74, 6) is 0. The number of hydrogen-bond donors (Lipinski definition) is 1. The summed E-state index contributed by atoms with van der Waals surface area (Å²) in [5, 5.41) is 3.48. The van der Waals surface area contributed by atoms with Crippen LogP contribution >= 0.6 is 0 Å². The number of hydrogen-bond acceptors (Lipinski definition) is 2. The lowest BCUT2D eigenvalue weighted by Gasteiger charge is -2.27. The standard InChI is InChI=1S/C10H14N2/c1-8-10(6-3-7-11-8)12-9-4-2-5-9/h3,6-7,9,12H,2,4-5H2,1H3. The minimum atomic E-state index is 0.702. The van der Waals surface area contributed by atoms with Gasteiger partial charge >= 0.3 is 0 Å². The van der Waals surface area contributed by atoms with E-state index in [-0.39, 0.29) is 0 Å². The highest BCUT2D eigenvalue weighted by atomic mass is 14.9. The summed E-state index contributed by atoms with van der Waals surface area (Å²) in [7, 11) is 0. The van der Waals surface area contributed by atoms with Crippen LogP contribution in [0.2, 0.25) is 0 Å².